The third kappa shape index (κ3) is 4.76. The van der Waals surface area contributed by atoms with E-state index in [0.29, 0.717) is 10.6 Å². The molecule has 2 N–H and O–H groups in total. The smallest absolute Gasteiger partial charge is 0.407 e. The molecule has 8 heteroatoms. The number of carboxylic acid groups (broad SMARTS) is 2. The number of hydrogen-bond donors (Lipinski definition) is 2. The molecule has 0 aromatic heterocycles. The summed E-state index contributed by atoms with van der Waals surface area (Å²) < 4.78 is 18.1. The van der Waals surface area contributed by atoms with Crippen molar-refractivity contribution in [1.29, 1.82) is 0 Å². The summed E-state index contributed by atoms with van der Waals surface area (Å²) in [5, 5.41) is 18.6. The molecule has 0 spiro atoms. The van der Waals surface area contributed by atoms with Gasteiger partial charge in [-0.2, -0.15) is 0 Å². The highest BCUT2D eigenvalue weighted by atomic mass is 32.2. The normalized spacial score (nSPS) is 16.9. The highest BCUT2D eigenvalue weighted by Gasteiger charge is 2.44. The zero-order chi connectivity index (χ0) is 19.2. The van der Waals surface area contributed by atoms with Gasteiger partial charge in [0.25, 0.3) is 0 Å². The topological polar surface area (TPSA) is 104 Å². The minimum Gasteiger partial charge on any atom is -0.481 e. The number of rotatable bonds is 6. The highest BCUT2D eigenvalue weighted by molar-refractivity contribution is 7.85. The maximum Gasteiger partial charge on any atom is 0.407 e. The van der Waals surface area contributed by atoms with Gasteiger partial charge in [-0.25, -0.2) is 4.79 Å². The Bertz CT molecular complexity index is 741. The molecule has 1 unspecified atom stereocenters. The fourth-order valence-electron chi connectivity index (χ4n) is 2.76. The van der Waals surface area contributed by atoms with Crippen molar-refractivity contribution in [2.45, 2.75) is 24.7 Å². The number of likely N-dealkylation sites (tertiary alicyclic amines) is 1. The monoisotopic (exact) mass is 379 g/mol. The number of carboxylic acids is 1. The van der Waals surface area contributed by atoms with Gasteiger partial charge in [-0.05, 0) is 44.0 Å². The second kappa shape index (κ2) is 8.72. The van der Waals surface area contributed by atoms with Crippen molar-refractivity contribution in [3.63, 3.8) is 0 Å². The van der Waals surface area contributed by atoms with Crippen molar-refractivity contribution < 1.29 is 28.7 Å². The molecule has 1 aliphatic rings. The van der Waals surface area contributed by atoms with Gasteiger partial charge in [0.1, 0.15) is 12.4 Å². The van der Waals surface area contributed by atoms with E-state index < -0.39 is 28.3 Å². The van der Waals surface area contributed by atoms with Crippen LogP contribution in [0.15, 0.2) is 29.2 Å². The number of amides is 1. The SMILES string of the molecule is CC#CCOc1ccc(S(=O)CC2(C(=O)O)CCN(C(=O)O)CC2)cc1. The highest BCUT2D eigenvalue weighted by Crippen LogP contribution is 2.34. The van der Waals surface area contributed by atoms with Crippen LogP contribution in [0.1, 0.15) is 19.8 Å². The van der Waals surface area contributed by atoms with Crippen molar-refractivity contribution in [1.82, 2.24) is 4.90 Å². The lowest BCUT2D eigenvalue weighted by molar-refractivity contribution is -0.150. The second-order valence-electron chi connectivity index (χ2n) is 6.03. The van der Waals surface area contributed by atoms with E-state index in [4.69, 9.17) is 9.84 Å². The van der Waals surface area contributed by atoms with Crippen LogP contribution in [-0.2, 0) is 15.6 Å². The van der Waals surface area contributed by atoms with E-state index in [9.17, 15) is 18.9 Å². The summed E-state index contributed by atoms with van der Waals surface area (Å²) in [6, 6.07) is 6.63. The molecule has 0 aliphatic carbocycles. The zero-order valence-electron chi connectivity index (χ0n) is 14.4. The molecule has 0 bridgehead atoms. The number of ether oxygens (including phenoxy) is 1. The predicted molar refractivity (Wildman–Crippen MR) is 95.6 cm³/mol. The number of hydrogen-bond acceptors (Lipinski definition) is 4. The first kappa shape index (κ1) is 19.8. The van der Waals surface area contributed by atoms with Crippen LogP contribution < -0.4 is 4.74 Å². The van der Waals surface area contributed by atoms with E-state index in [-0.39, 0.29) is 38.3 Å². The summed E-state index contributed by atoms with van der Waals surface area (Å²) in [5.74, 6) is 5.01. The average Bonchev–Trinajstić information content (AvgIpc) is 2.62. The number of piperidine rings is 1. The molecule has 1 aliphatic heterocycles. The van der Waals surface area contributed by atoms with Gasteiger partial charge < -0.3 is 19.8 Å². The van der Waals surface area contributed by atoms with Gasteiger partial charge in [-0.3, -0.25) is 9.00 Å². The number of nitrogens with zero attached hydrogens (tertiary/aromatic N) is 1. The summed E-state index contributed by atoms with van der Waals surface area (Å²) in [4.78, 5) is 24.5. The molecule has 1 atom stereocenters. The lowest BCUT2D eigenvalue weighted by Crippen LogP contribution is -2.48. The molecular weight excluding hydrogens is 358 g/mol. The maximum absolute atomic E-state index is 12.7. The predicted octanol–water partition coefficient (Wildman–Crippen LogP) is 2.04. The fourth-order valence-corrected chi connectivity index (χ4v) is 4.28. The Kier molecular flexibility index (Phi) is 6.64. The minimum atomic E-state index is -1.51. The van der Waals surface area contributed by atoms with Crippen molar-refractivity contribution in [3.8, 4) is 17.6 Å². The van der Waals surface area contributed by atoms with Crippen LogP contribution in [0, 0.1) is 17.3 Å². The summed E-state index contributed by atoms with van der Waals surface area (Å²) in [5.41, 5.74) is -1.18. The Morgan fingerprint density at radius 1 is 1.23 bits per heavy atom. The van der Waals surface area contributed by atoms with E-state index in [1.807, 2.05) is 0 Å². The van der Waals surface area contributed by atoms with Gasteiger partial charge in [0, 0.05) is 23.7 Å². The Morgan fingerprint density at radius 3 is 2.35 bits per heavy atom. The Labute approximate surface area is 154 Å². The lowest BCUT2D eigenvalue weighted by Gasteiger charge is -2.37. The lowest BCUT2D eigenvalue weighted by atomic mass is 9.80. The Balaban J connectivity index is 2.04. The molecule has 0 radical (unpaired) electrons. The van der Waals surface area contributed by atoms with Gasteiger partial charge in [0.05, 0.1) is 16.2 Å². The molecule has 26 heavy (non-hydrogen) atoms. The van der Waals surface area contributed by atoms with Crippen LogP contribution in [0.4, 0.5) is 4.79 Å². The van der Waals surface area contributed by atoms with Crippen molar-refractivity contribution in [2.24, 2.45) is 5.41 Å². The third-order valence-corrected chi connectivity index (χ3v) is 6.04. The zero-order valence-corrected chi connectivity index (χ0v) is 15.3. The summed E-state index contributed by atoms with van der Waals surface area (Å²) in [6.07, 6.45) is -0.761. The van der Waals surface area contributed by atoms with Crippen LogP contribution in [0.3, 0.4) is 0 Å². The molecule has 1 heterocycles. The number of aliphatic carboxylic acids is 1. The molecule has 2 rings (SSSR count). The summed E-state index contributed by atoms with van der Waals surface area (Å²) >= 11 is 0. The molecule has 7 nitrogen and oxygen atoms in total. The first-order valence-corrected chi connectivity index (χ1v) is 9.42. The first-order valence-electron chi connectivity index (χ1n) is 8.10. The van der Waals surface area contributed by atoms with E-state index in [1.54, 1.807) is 31.2 Å². The van der Waals surface area contributed by atoms with E-state index >= 15 is 0 Å². The van der Waals surface area contributed by atoms with Crippen LogP contribution >= 0.6 is 0 Å². The van der Waals surface area contributed by atoms with Crippen molar-refractivity contribution >= 4 is 22.9 Å². The van der Waals surface area contributed by atoms with Gasteiger partial charge in [-0.1, -0.05) is 5.92 Å². The molecular formula is C18H21NO6S. The standard InChI is InChI=1S/C18H21NO6S/c1-2-3-12-25-14-4-6-15(7-5-14)26(24)13-18(16(20)21)8-10-19(11-9-18)17(22)23/h4-7H,8-13H2,1H3,(H,20,21)(H,22,23). The van der Waals surface area contributed by atoms with Gasteiger partial charge in [-0.15, -0.1) is 5.92 Å². The molecule has 0 saturated carbocycles. The first-order chi connectivity index (χ1) is 12.4. The van der Waals surface area contributed by atoms with Gasteiger partial charge >= 0.3 is 12.1 Å². The Morgan fingerprint density at radius 2 is 1.85 bits per heavy atom. The largest absolute Gasteiger partial charge is 0.481 e. The van der Waals surface area contributed by atoms with E-state index in [2.05, 4.69) is 11.8 Å². The quantitative estimate of drug-likeness (QED) is 0.733. The third-order valence-electron chi connectivity index (χ3n) is 4.43. The Hall–Kier alpha value is -2.53. The second-order valence-corrected chi connectivity index (χ2v) is 7.48. The minimum absolute atomic E-state index is 0.0443. The van der Waals surface area contributed by atoms with Crippen molar-refractivity contribution in [2.75, 3.05) is 25.4 Å². The van der Waals surface area contributed by atoms with Crippen LogP contribution in [0.25, 0.3) is 0 Å². The number of benzene rings is 1. The molecule has 140 valence electrons. The van der Waals surface area contributed by atoms with Crippen LogP contribution in [0.5, 0.6) is 5.75 Å². The molecule has 1 aromatic carbocycles. The number of carbonyl (C=O) groups is 2. The molecule has 1 fully saturated rings. The van der Waals surface area contributed by atoms with Gasteiger partial charge in [0.15, 0.2) is 0 Å². The van der Waals surface area contributed by atoms with Crippen LogP contribution in [0.2, 0.25) is 0 Å². The average molecular weight is 379 g/mol. The molecule has 1 saturated heterocycles. The fraction of sp³-hybridized carbons (Fsp3) is 0.444. The van der Waals surface area contributed by atoms with Crippen molar-refractivity contribution in [3.05, 3.63) is 24.3 Å². The maximum atomic E-state index is 12.7. The molecule has 1 amide bonds. The van der Waals surface area contributed by atoms with Gasteiger partial charge in [0.2, 0.25) is 0 Å². The summed E-state index contributed by atoms with van der Waals surface area (Å²) in [7, 11) is -1.51. The van der Waals surface area contributed by atoms with E-state index in [1.165, 1.54) is 4.90 Å². The summed E-state index contributed by atoms with van der Waals surface area (Å²) in [6.45, 7) is 2.24. The molecule has 1 aromatic rings. The van der Waals surface area contributed by atoms with Crippen LogP contribution in [-0.4, -0.2) is 56.8 Å². The van der Waals surface area contributed by atoms with E-state index in [0.717, 1.165) is 0 Å².